The van der Waals surface area contributed by atoms with Crippen LogP contribution in [0.1, 0.15) is 11.7 Å². The highest BCUT2D eigenvalue weighted by Crippen LogP contribution is 2.27. The average Bonchev–Trinajstić information content (AvgIpc) is 2.42. The number of anilines is 1. The third-order valence-corrected chi connectivity index (χ3v) is 3.92. The normalized spacial score (nSPS) is 12.2. The second-order valence-corrected chi connectivity index (χ2v) is 5.89. The lowest BCUT2D eigenvalue weighted by Gasteiger charge is -2.15. The molecule has 0 aliphatic heterocycles. The summed E-state index contributed by atoms with van der Waals surface area (Å²) in [6.45, 7) is 0.234. The van der Waals surface area contributed by atoms with Gasteiger partial charge in [-0.3, -0.25) is 0 Å². The molecule has 0 aliphatic rings. The van der Waals surface area contributed by atoms with Gasteiger partial charge in [0, 0.05) is 27.8 Å². The van der Waals surface area contributed by atoms with Crippen LogP contribution in [0.5, 0.6) is 0 Å². The lowest BCUT2D eigenvalue weighted by atomic mass is 10.1. The first kappa shape index (κ1) is 15.6. The topological polar surface area (TPSA) is 32.3 Å². The summed E-state index contributed by atoms with van der Waals surface area (Å²) in [6.07, 6.45) is -0.815. The minimum absolute atomic E-state index is 0.234. The quantitative estimate of drug-likeness (QED) is 0.780. The van der Waals surface area contributed by atoms with E-state index in [-0.39, 0.29) is 12.4 Å². The molecule has 1 atom stereocenters. The molecular weight excluding hydrogens is 368 g/mol. The maximum Gasteiger partial charge on any atom is 0.137 e. The van der Waals surface area contributed by atoms with Crippen LogP contribution in [0.3, 0.4) is 0 Å². The van der Waals surface area contributed by atoms with Crippen LogP contribution < -0.4 is 5.32 Å². The molecule has 6 heteroatoms. The van der Waals surface area contributed by atoms with E-state index < -0.39 is 6.10 Å². The molecular formula is C14H11BrCl2FNO. The molecule has 0 aromatic heterocycles. The monoisotopic (exact) mass is 377 g/mol. The molecule has 0 heterocycles. The molecule has 2 rings (SSSR count). The summed E-state index contributed by atoms with van der Waals surface area (Å²) in [5.74, 6) is -0.339. The van der Waals surface area contributed by atoms with Crippen LogP contribution in [0.2, 0.25) is 10.0 Å². The van der Waals surface area contributed by atoms with Crippen LogP contribution in [-0.4, -0.2) is 11.7 Å². The van der Waals surface area contributed by atoms with Gasteiger partial charge in [0.15, 0.2) is 0 Å². The summed E-state index contributed by atoms with van der Waals surface area (Å²) in [7, 11) is 0. The second-order valence-electron chi connectivity index (χ2n) is 4.19. The Hall–Kier alpha value is -0.810. The molecule has 0 radical (unpaired) electrons. The Labute approximate surface area is 134 Å². The molecule has 2 aromatic carbocycles. The fourth-order valence-corrected chi connectivity index (χ4v) is 2.50. The van der Waals surface area contributed by atoms with Crippen molar-refractivity contribution in [3.05, 3.63) is 62.3 Å². The van der Waals surface area contributed by atoms with E-state index in [4.69, 9.17) is 23.2 Å². The van der Waals surface area contributed by atoms with E-state index >= 15 is 0 Å². The highest BCUT2D eigenvalue weighted by atomic mass is 79.9. The van der Waals surface area contributed by atoms with Crippen molar-refractivity contribution in [2.45, 2.75) is 6.10 Å². The maximum atomic E-state index is 13.1. The van der Waals surface area contributed by atoms with Gasteiger partial charge in [0.1, 0.15) is 5.82 Å². The fourth-order valence-electron chi connectivity index (χ4n) is 1.70. The molecule has 0 saturated carbocycles. The Kier molecular flexibility index (Phi) is 5.27. The maximum absolute atomic E-state index is 13.1. The molecule has 0 aliphatic carbocycles. The number of rotatable bonds is 4. The Morgan fingerprint density at radius 1 is 1.20 bits per heavy atom. The summed E-state index contributed by atoms with van der Waals surface area (Å²) in [6, 6.07) is 9.44. The standard InChI is InChI=1S/C14H11BrCl2FNO/c15-11-6-9(2-4-13(11)18)19-7-14(20)10-5-8(16)1-3-12(10)17/h1-6,14,19-20H,7H2. The van der Waals surface area contributed by atoms with Gasteiger partial charge in [0.2, 0.25) is 0 Å². The smallest absolute Gasteiger partial charge is 0.137 e. The zero-order chi connectivity index (χ0) is 14.7. The Morgan fingerprint density at radius 2 is 1.95 bits per heavy atom. The molecule has 106 valence electrons. The molecule has 0 fully saturated rings. The first-order valence-corrected chi connectivity index (χ1v) is 7.34. The summed E-state index contributed by atoms with van der Waals surface area (Å²) >= 11 is 15.0. The Bertz CT molecular complexity index is 624. The van der Waals surface area contributed by atoms with Crippen LogP contribution >= 0.6 is 39.1 Å². The van der Waals surface area contributed by atoms with Gasteiger partial charge in [-0.15, -0.1) is 0 Å². The molecule has 0 amide bonds. The predicted molar refractivity (Wildman–Crippen MR) is 84.0 cm³/mol. The van der Waals surface area contributed by atoms with E-state index in [1.165, 1.54) is 6.07 Å². The largest absolute Gasteiger partial charge is 0.387 e. The summed E-state index contributed by atoms with van der Waals surface area (Å²) in [5.41, 5.74) is 1.24. The Morgan fingerprint density at radius 3 is 2.65 bits per heavy atom. The first-order valence-electron chi connectivity index (χ1n) is 5.79. The van der Waals surface area contributed by atoms with Crippen molar-refractivity contribution in [2.24, 2.45) is 0 Å². The predicted octanol–water partition coefficient (Wildman–Crippen LogP) is 5.04. The first-order chi connectivity index (χ1) is 9.47. The lowest BCUT2D eigenvalue weighted by Crippen LogP contribution is -2.12. The number of hydrogen-bond donors (Lipinski definition) is 2. The number of benzene rings is 2. The van der Waals surface area contributed by atoms with Crippen LogP contribution in [0, 0.1) is 5.82 Å². The zero-order valence-corrected chi connectivity index (χ0v) is 13.3. The van der Waals surface area contributed by atoms with Gasteiger partial charge < -0.3 is 10.4 Å². The number of aliphatic hydroxyl groups excluding tert-OH is 1. The molecule has 0 saturated heterocycles. The molecule has 2 aromatic rings. The third-order valence-electron chi connectivity index (χ3n) is 2.74. The van der Waals surface area contributed by atoms with Crippen molar-refractivity contribution < 1.29 is 9.50 Å². The van der Waals surface area contributed by atoms with E-state index in [0.29, 0.717) is 25.8 Å². The van der Waals surface area contributed by atoms with E-state index in [1.807, 2.05) is 0 Å². The van der Waals surface area contributed by atoms with E-state index in [2.05, 4.69) is 21.2 Å². The van der Waals surface area contributed by atoms with E-state index in [0.717, 1.165) is 0 Å². The number of hydrogen-bond acceptors (Lipinski definition) is 2. The van der Waals surface area contributed by atoms with Gasteiger partial charge in [0.05, 0.1) is 10.6 Å². The van der Waals surface area contributed by atoms with Crippen LogP contribution in [0.4, 0.5) is 10.1 Å². The van der Waals surface area contributed by atoms with Gasteiger partial charge in [-0.25, -0.2) is 4.39 Å². The van der Waals surface area contributed by atoms with Crippen molar-refractivity contribution in [1.29, 1.82) is 0 Å². The average molecular weight is 379 g/mol. The van der Waals surface area contributed by atoms with Gasteiger partial charge in [-0.1, -0.05) is 23.2 Å². The van der Waals surface area contributed by atoms with Crippen molar-refractivity contribution in [3.63, 3.8) is 0 Å². The summed E-state index contributed by atoms with van der Waals surface area (Å²) < 4.78 is 13.5. The number of nitrogens with one attached hydrogen (secondary N) is 1. The molecule has 0 spiro atoms. The molecule has 1 unspecified atom stereocenters. The zero-order valence-electron chi connectivity index (χ0n) is 10.2. The SMILES string of the molecule is OC(CNc1ccc(F)c(Br)c1)c1cc(Cl)ccc1Cl. The van der Waals surface area contributed by atoms with Crippen LogP contribution in [0.15, 0.2) is 40.9 Å². The Balaban J connectivity index is 2.06. The molecule has 2 nitrogen and oxygen atoms in total. The summed E-state index contributed by atoms with van der Waals surface area (Å²) in [4.78, 5) is 0. The highest BCUT2D eigenvalue weighted by Gasteiger charge is 2.12. The molecule has 0 bridgehead atoms. The van der Waals surface area contributed by atoms with Gasteiger partial charge >= 0.3 is 0 Å². The van der Waals surface area contributed by atoms with Crippen LogP contribution in [-0.2, 0) is 0 Å². The number of aliphatic hydroxyl groups is 1. The van der Waals surface area contributed by atoms with E-state index in [1.54, 1.807) is 30.3 Å². The second kappa shape index (κ2) is 6.76. The minimum atomic E-state index is -0.815. The third kappa shape index (κ3) is 3.85. The van der Waals surface area contributed by atoms with Gasteiger partial charge in [0.25, 0.3) is 0 Å². The van der Waals surface area contributed by atoms with Crippen molar-refractivity contribution in [2.75, 3.05) is 11.9 Å². The van der Waals surface area contributed by atoms with Crippen LogP contribution in [0.25, 0.3) is 0 Å². The molecule has 20 heavy (non-hydrogen) atoms. The molecule has 2 N–H and O–H groups in total. The lowest BCUT2D eigenvalue weighted by molar-refractivity contribution is 0.192. The van der Waals surface area contributed by atoms with Crippen molar-refractivity contribution in [1.82, 2.24) is 0 Å². The number of halogens is 4. The highest BCUT2D eigenvalue weighted by molar-refractivity contribution is 9.10. The summed E-state index contributed by atoms with van der Waals surface area (Å²) in [5, 5.41) is 14.1. The van der Waals surface area contributed by atoms with Crippen molar-refractivity contribution >= 4 is 44.8 Å². The van der Waals surface area contributed by atoms with Gasteiger partial charge in [-0.05, 0) is 52.3 Å². The van der Waals surface area contributed by atoms with Gasteiger partial charge in [-0.2, -0.15) is 0 Å². The van der Waals surface area contributed by atoms with Crippen molar-refractivity contribution in [3.8, 4) is 0 Å². The van der Waals surface area contributed by atoms with E-state index in [9.17, 15) is 9.50 Å². The fraction of sp³-hybridized carbons (Fsp3) is 0.143. The minimum Gasteiger partial charge on any atom is -0.387 e.